The van der Waals surface area contributed by atoms with Crippen molar-refractivity contribution in [2.75, 3.05) is 37.7 Å². The van der Waals surface area contributed by atoms with E-state index in [1.54, 1.807) is 26.9 Å². The number of carbonyl (C=O) groups excluding carboxylic acids is 3. The Morgan fingerprint density at radius 3 is 2.59 bits per heavy atom. The number of anilines is 1. The van der Waals surface area contributed by atoms with Gasteiger partial charge in [-0.05, 0) is 63.1 Å². The molecule has 1 aromatic carbocycles. The molecular weight excluding hydrogens is 494 g/mol. The number of nitrogens with zero attached hydrogens (tertiary/aromatic N) is 3. The zero-order valence-corrected chi connectivity index (χ0v) is 23.6. The molecule has 0 saturated carbocycles. The molecule has 0 radical (unpaired) electrons. The van der Waals surface area contributed by atoms with Gasteiger partial charge in [0.05, 0.1) is 17.9 Å². The molecule has 3 fully saturated rings. The highest BCUT2D eigenvalue weighted by atomic mass is 16.5. The maximum absolute atomic E-state index is 14.6. The van der Waals surface area contributed by atoms with Crippen molar-refractivity contribution in [2.45, 2.75) is 70.6 Å². The summed E-state index contributed by atoms with van der Waals surface area (Å²) in [7, 11) is 0. The van der Waals surface area contributed by atoms with Gasteiger partial charge >= 0.3 is 0 Å². The number of unbranched alkanes of at least 4 members (excludes halogenated alkanes) is 1. The van der Waals surface area contributed by atoms with E-state index in [1.165, 1.54) is 0 Å². The molecule has 8 nitrogen and oxygen atoms in total. The van der Waals surface area contributed by atoms with Crippen molar-refractivity contribution in [3.05, 3.63) is 54.6 Å². The maximum atomic E-state index is 14.6. The van der Waals surface area contributed by atoms with Gasteiger partial charge in [0.15, 0.2) is 0 Å². The normalized spacial score (nSPS) is 27.0. The largest absolute Gasteiger partial charge is 0.396 e. The van der Waals surface area contributed by atoms with Crippen LogP contribution in [0.3, 0.4) is 0 Å². The monoisotopic (exact) mass is 537 g/mol. The van der Waals surface area contributed by atoms with E-state index in [1.807, 2.05) is 39.0 Å². The molecule has 212 valence electrons. The van der Waals surface area contributed by atoms with Crippen LogP contribution in [0.4, 0.5) is 5.69 Å². The lowest BCUT2D eigenvalue weighted by molar-refractivity contribution is -0.145. The molecule has 39 heavy (non-hydrogen) atoms. The number of hydrogen-bond donors (Lipinski definition) is 1. The third-order valence-electron chi connectivity index (χ3n) is 8.51. The Labute approximate surface area is 232 Å². The van der Waals surface area contributed by atoms with Crippen molar-refractivity contribution >= 4 is 23.4 Å². The quantitative estimate of drug-likeness (QED) is 0.308. The highest BCUT2D eigenvalue weighted by Crippen LogP contribution is 2.59. The molecule has 1 N–H and O–H groups in total. The predicted molar refractivity (Wildman–Crippen MR) is 151 cm³/mol. The number of aliphatic hydroxyl groups excluding tert-OH is 1. The van der Waals surface area contributed by atoms with Gasteiger partial charge in [-0.1, -0.05) is 31.2 Å². The van der Waals surface area contributed by atoms with Gasteiger partial charge in [0.25, 0.3) is 5.91 Å². The van der Waals surface area contributed by atoms with Gasteiger partial charge < -0.3 is 24.5 Å². The van der Waals surface area contributed by atoms with Crippen molar-refractivity contribution in [3.8, 4) is 0 Å². The summed E-state index contributed by atoms with van der Waals surface area (Å²) in [6.07, 6.45) is 6.06. The second-order valence-corrected chi connectivity index (χ2v) is 11.1. The summed E-state index contributed by atoms with van der Waals surface area (Å²) in [6.45, 7) is 15.3. The van der Waals surface area contributed by atoms with Gasteiger partial charge in [0, 0.05) is 38.5 Å². The Morgan fingerprint density at radius 2 is 1.92 bits per heavy atom. The summed E-state index contributed by atoms with van der Waals surface area (Å²) in [5.41, 5.74) is 1.70. The fourth-order valence-electron chi connectivity index (χ4n) is 6.87. The smallest absolute Gasteiger partial charge is 0.253 e. The van der Waals surface area contributed by atoms with E-state index in [0.717, 1.165) is 23.2 Å². The molecule has 4 rings (SSSR count). The van der Waals surface area contributed by atoms with E-state index >= 15 is 0 Å². The van der Waals surface area contributed by atoms with Gasteiger partial charge in [0.1, 0.15) is 11.6 Å². The minimum atomic E-state index is -1.05. The first-order chi connectivity index (χ1) is 18.7. The molecule has 0 aliphatic carbocycles. The summed E-state index contributed by atoms with van der Waals surface area (Å²) >= 11 is 0. The summed E-state index contributed by atoms with van der Waals surface area (Å²) < 4.78 is 6.62. The SMILES string of the molecule is C=CCN(CCC)C(=O)[C@@H]1[C@@H]2CCC3(O2)C(C(=O)N(CC=C)c2cc(C)ccc2C)N(CCCCO)C(=O)[C@H]13. The number of fused-ring (bicyclic) bond motifs is 1. The molecule has 3 aliphatic heterocycles. The number of aryl methyl sites for hydroxylation is 2. The van der Waals surface area contributed by atoms with E-state index in [-0.39, 0.29) is 37.0 Å². The fourth-order valence-corrected chi connectivity index (χ4v) is 6.87. The number of hydrogen-bond acceptors (Lipinski definition) is 5. The average Bonchev–Trinajstić information content (AvgIpc) is 3.55. The van der Waals surface area contributed by atoms with Crippen molar-refractivity contribution in [1.82, 2.24) is 9.80 Å². The van der Waals surface area contributed by atoms with Crippen LogP contribution in [0, 0.1) is 25.7 Å². The molecule has 5 atom stereocenters. The van der Waals surface area contributed by atoms with Crippen molar-refractivity contribution in [2.24, 2.45) is 11.8 Å². The van der Waals surface area contributed by atoms with Crippen LogP contribution in [0.15, 0.2) is 43.5 Å². The molecule has 8 heteroatoms. The van der Waals surface area contributed by atoms with Crippen LogP contribution >= 0.6 is 0 Å². The number of likely N-dealkylation sites (tertiary alicyclic amines) is 1. The molecule has 3 amide bonds. The number of benzene rings is 1. The molecule has 2 unspecified atom stereocenters. The summed E-state index contributed by atoms with van der Waals surface area (Å²) in [5, 5.41) is 9.41. The first kappa shape index (κ1) is 29.0. The van der Waals surface area contributed by atoms with Gasteiger partial charge in [-0.15, -0.1) is 13.2 Å². The van der Waals surface area contributed by atoms with Crippen LogP contribution in [-0.2, 0) is 19.1 Å². The third kappa shape index (κ3) is 5.05. The van der Waals surface area contributed by atoms with Crippen LogP contribution in [0.1, 0.15) is 50.2 Å². The number of aliphatic hydroxyl groups is 1. The maximum Gasteiger partial charge on any atom is 0.253 e. The first-order valence-corrected chi connectivity index (χ1v) is 14.2. The van der Waals surface area contributed by atoms with Crippen molar-refractivity contribution < 1.29 is 24.2 Å². The number of ether oxygens (including phenoxy) is 1. The Bertz CT molecular complexity index is 1120. The zero-order valence-electron chi connectivity index (χ0n) is 23.6. The van der Waals surface area contributed by atoms with Gasteiger partial charge in [-0.3, -0.25) is 14.4 Å². The van der Waals surface area contributed by atoms with Gasteiger partial charge in [0.2, 0.25) is 11.8 Å². The van der Waals surface area contributed by atoms with Crippen LogP contribution < -0.4 is 4.90 Å². The third-order valence-corrected chi connectivity index (χ3v) is 8.51. The highest BCUT2D eigenvalue weighted by Gasteiger charge is 2.74. The van der Waals surface area contributed by atoms with E-state index in [4.69, 9.17) is 4.74 Å². The average molecular weight is 538 g/mol. The van der Waals surface area contributed by atoms with Crippen LogP contribution in [0.5, 0.6) is 0 Å². The molecule has 3 aliphatic rings. The van der Waals surface area contributed by atoms with Crippen LogP contribution in [0.25, 0.3) is 0 Å². The second kappa shape index (κ2) is 12.0. The molecule has 2 bridgehead atoms. The van der Waals surface area contributed by atoms with E-state index in [0.29, 0.717) is 45.3 Å². The lowest BCUT2D eigenvalue weighted by Crippen LogP contribution is -2.56. The zero-order chi connectivity index (χ0) is 28.3. The summed E-state index contributed by atoms with van der Waals surface area (Å²) in [4.78, 5) is 47.7. The van der Waals surface area contributed by atoms with E-state index < -0.39 is 23.5 Å². The lowest BCUT2D eigenvalue weighted by atomic mass is 9.70. The Kier molecular flexibility index (Phi) is 8.96. The van der Waals surface area contributed by atoms with E-state index in [9.17, 15) is 19.5 Å². The number of rotatable bonds is 13. The minimum Gasteiger partial charge on any atom is -0.396 e. The Morgan fingerprint density at radius 1 is 1.18 bits per heavy atom. The van der Waals surface area contributed by atoms with Crippen molar-refractivity contribution in [3.63, 3.8) is 0 Å². The molecular formula is C31H43N3O5. The molecule has 0 aromatic heterocycles. The molecule has 3 saturated heterocycles. The molecule has 3 heterocycles. The fraction of sp³-hybridized carbons (Fsp3) is 0.581. The standard InChI is InChI=1S/C31H43N3O5/c1-6-15-32(16-7-2)28(36)25-24-13-14-31(39-24)26(25)29(37)34(18-9-10-19-35)27(31)30(38)33(17-8-3)23-20-21(4)11-12-22(23)5/h6,8,11-12,20,24-27,35H,1,3,7,9-10,13-19H2,2,4-5H3/t24-,25+,26-,27?,31?/m0/s1. The van der Waals surface area contributed by atoms with Crippen molar-refractivity contribution in [1.29, 1.82) is 0 Å². The lowest BCUT2D eigenvalue weighted by Gasteiger charge is -2.37. The Hall–Kier alpha value is -2.97. The van der Waals surface area contributed by atoms with Crippen LogP contribution in [-0.4, -0.2) is 83.2 Å². The topological polar surface area (TPSA) is 90.4 Å². The Balaban J connectivity index is 1.77. The highest BCUT2D eigenvalue weighted by molar-refractivity contribution is 6.05. The second-order valence-electron chi connectivity index (χ2n) is 11.1. The van der Waals surface area contributed by atoms with Gasteiger partial charge in [-0.25, -0.2) is 0 Å². The van der Waals surface area contributed by atoms with Crippen LogP contribution in [0.2, 0.25) is 0 Å². The predicted octanol–water partition coefficient (Wildman–Crippen LogP) is 3.39. The summed E-state index contributed by atoms with van der Waals surface area (Å²) in [5.74, 6) is -1.83. The van der Waals surface area contributed by atoms with Gasteiger partial charge in [-0.2, -0.15) is 0 Å². The molecule has 1 spiro atoms. The number of amides is 3. The molecule has 1 aromatic rings. The number of carbonyl (C=O) groups is 3. The first-order valence-electron chi connectivity index (χ1n) is 14.2. The summed E-state index contributed by atoms with van der Waals surface area (Å²) in [6, 6.07) is 5.13. The van der Waals surface area contributed by atoms with E-state index in [2.05, 4.69) is 13.2 Å². The minimum absolute atomic E-state index is 0.00745.